The number of carboxylic acid groups (broad SMARTS) is 1. The highest BCUT2D eigenvalue weighted by Gasteiger charge is 2.38. The van der Waals surface area contributed by atoms with E-state index in [4.69, 9.17) is 9.90 Å². The largest absolute Gasteiger partial charge is 0.490 e. The van der Waals surface area contributed by atoms with E-state index in [1.165, 1.54) is 6.33 Å². The molecule has 0 aliphatic carbocycles. The molecule has 6 nitrogen and oxygen atoms in total. The number of alkyl halides is 3. The number of hydrogen-bond donors (Lipinski definition) is 1. The van der Waals surface area contributed by atoms with Crippen molar-refractivity contribution in [3.63, 3.8) is 0 Å². The molecule has 2 aromatic rings. The van der Waals surface area contributed by atoms with Crippen LogP contribution in [0.1, 0.15) is 15.9 Å². The normalized spacial score (nSPS) is 13.2. The van der Waals surface area contributed by atoms with Crippen molar-refractivity contribution in [3.8, 4) is 0 Å². The van der Waals surface area contributed by atoms with Crippen LogP contribution in [-0.4, -0.2) is 33.1 Å². The smallest absolute Gasteiger partial charge is 0.475 e. The number of fused-ring (bicyclic) bond motifs is 1. The summed E-state index contributed by atoms with van der Waals surface area (Å²) in [4.78, 5) is 30.5. The lowest BCUT2D eigenvalue weighted by atomic mass is 10.1. The van der Waals surface area contributed by atoms with Gasteiger partial charge in [0.15, 0.2) is 0 Å². The van der Waals surface area contributed by atoms with Crippen molar-refractivity contribution in [1.82, 2.24) is 9.97 Å². The van der Waals surface area contributed by atoms with Gasteiger partial charge in [0, 0.05) is 5.56 Å². The average molecular weight is 325 g/mol. The SMILES string of the molecule is O=C(O)C(F)(F)F.O=C1c2ccccc2CN1c1cncnc1. The number of rotatable bonds is 1. The van der Waals surface area contributed by atoms with Gasteiger partial charge in [-0.25, -0.2) is 14.8 Å². The third kappa shape index (κ3) is 3.82. The maximum Gasteiger partial charge on any atom is 0.490 e. The van der Waals surface area contributed by atoms with Crippen molar-refractivity contribution in [2.24, 2.45) is 0 Å². The molecule has 0 fully saturated rings. The molecule has 1 aliphatic heterocycles. The van der Waals surface area contributed by atoms with Gasteiger partial charge in [0.1, 0.15) is 6.33 Å². The molecule has 1 N–H and O–H groups in total. The first-order valence-electron chi connectivity index (χ1n) is 6.25. The van der Waals surface area contributed by atoms with Crippen molar-refractivity contribution in [3.05, 3.63) is 54.1 Å². The Bertz CT molecular complexity index is 720. The summed E-state index contributed by atoms with van der Waals surface area (Å²) in [6, 6.07) is 7.64. The molecule has 23 heavy (non-hydrogen) atoms. The summed E-state index contributed by atoms with van der Waals surface area (Å²) in [7, 11) is 0. The van der Waals surface area contributed by atoms with E-state index in [-0.39, 0.29) is 5.91 Å². The highest BCUT2D eigenvalue weighted by molar-refractivity contribution is 6.09. The van der Waals surface area contributed by atoms with Gasteiger partial charge < -0.3 is 10.0 Å². The van der Waals surface area contributed by atoms with Crippen LogP contribution in [0.4, 0.5) is 18.9 Å². The first-order valence-corrected chi connectivity index (χ1v) is 6.25. The molecular weight excluding hydrogens is 315 g/mol. The van der Waals surface area contributed by atoms with Gasteiger partial charge in [-0.3, -0.25) is 4.79 Å². The van der Waals surface area contributed by atoms with Gasteiger partial charge in [-0.15, -0.1) is 0 Å². The van der Waals surface area contributed by atoms with Gasteiger partial charge in [-0.1, -0.05) is 18.2 Å². The average Bonchev–Trinajstić information content (AvgIpc) is 2.85. The zero-order valence-corrected chi connectivity index (χ0v) is 11.5. The second-order valence-corrected chi connectivity index (χ2v) is 4.45. The molecule has 0 saturated carbocycles. The van der Waals surface area contributed by atoms with Crippen molar-refractivity contribution in [2.75, 3.05) is 4.90 Å². The van der Waals surface area contributed by atoms with E-state index in [1.807, 2.05) is 24.3 Å². The monoisotopic (exact) mass is 325 g/mol. The first kappa shape index (κ1) is 16.4. The second kappa shape index (κ2) is 6.42. The molecule has 120 valence electrons. The van der Waals surface area contributed by atoms with E-state index in [9.17, 15) is 18.0 Å². The third-order valence-corrected chi connectivity index (χ3v) is 2.92. The van der Waals surface area contributed by atoms with Gasteiger partial charge >= 0.3 is 12.1 Å². The van der Waals surface area contributed by atoms with Crippen LogP contribution in [0.2, 0.25) is 0 Å². The molecule has 1 amide bonds. The molecule has 0 bridgehead atoms. The topological polar surface area (TPSA) is 83.4 Å². The Morgan fingerprint density at radius 1 is 1.17 bits per heavy atom. The van der Waals surface area contributed by atoms with Gasteiger partial charge in [0.05, 0.1) is 24.6 Å². The van der Waals surface area contributed by atoms with Crippen molar-refractivity contribution >= 4 is 17.6 Å². The number of aliphatic carboxylic acids is 1. The maximum atomic E-state index is 12.1. The molecule has 1 aliphatic rings. The molecule has 0 atom stereocenters. The van der Waals surface area contributed by atoms with Crippen LogP contribution < -0.4 is 4.90 Å². The highest BCUT2D eigenvalue weighted by Crippen LogP contribution is 2.26. The molecule has 9 heteroatoms. The van der Waals surface area contributed by atoms with Gasteiger partial charge in [0.25, 0.3) is 5.91 Å². The van der Waals surface area contributed by atoms with E-state index < -0.39 is 12.1 Å². The Kier molecular flexibility index (Phi) is 4.58. The van der Waals surface area contributed by atoms with Gasteiger partial charge in [-0.05, 0) is 11.6 Å². The minimum Gasteiger partial charge on any atom is -0.475 e. The van der Waals surface area contributed by atoms with E-state index in [0.29, 0.717) is 6.54 Å². The molecule has 0 radical (unpaired) electrons. The Hall–Kier alpha value is -2.97. The molecule has 2 heterocycles. The lowest BCUT2D eigenvalue weighted by molar-refractivity contribution is -0.192. The molecule has 0 unspecified atom stereocenters. The first-order chi connectivity index (χ1) is 10.8. The van der Waals surface area contributed by atoms with E-state index in [2.05, 4.69) is 9.97 Å². The Morgan fingerprint density at radius 2 is 1.74 bits per heavy atom. The lowest BCUT2D eigenvalue weighted by Crippen LogP contribution is -2.23. The third-order valence-electron chi connectivity index (χ3n) is 2.92. The summed E-state index contributed by atoms with van der Waals surface area (Å²) >= 11 is 0. The van der Waals surface area contributed by atoms with Crippen LogP contribution in [-0.2, 0) is 11.3 Å². The van der Waals surface area contributed by atoms with Crippen LogP contribution in [0.3, 0.4) is 0 Å². The Balaban J connectivity index is 0.000000236. The zero-order chi connectivity index (χ0) is 17.0. The number of hydrogen-bond acceptors (Lipinski definition) is 4. The molecule has 1 aromatic carbocycles. The minimum atomic E-state index is -5.08. The predicted molar refractivity (Wildman–Crippen MR) is 72.7 cm³/mol. The van der Waals surface area contributed by atoms with E-state index >= 15 is 0 Å². The van der Waals surface area contributed by atoms with Crippen LogP contribution in [0.5, 0.6) is 0 Å². The lowest BCUT2D eigenvalue weighted by Gasteiger charge is -2.13. The molecule has 0 spiro atoms. The highest BCUT2D eigenvalue weighted by atomic mass is 19.4. The van der Waals surface area contributed by atoms with E-state index in [1.54, 1.807) is 17.3 Å². The number of benzene rings is 1. The summed E-state index contributed by atoms with van der Waals surface area (Å²) < 4.78 is 31.7. The van der Waals surface area contributed by atoms with Crippen LogP contribution in [0.15, 0.2) is 43.0 Å². The number of nitrogens with zero attached hydrogens (tertiary/aromatic N) is 3. The summed E-state index contributed by atoms with van der Waals surface area (Å²) in [5.74, 6) is -2.74. The molecule has 1 aromatic heterocycles. The standard InChI is InChI=1S/C12H9N3O.C2HF3O2/c16-12-11-4-2-1-3-9(11)7-15(12)10-5-13-8-14-6-10;3-2(4,5)1(6)7/h1-6,8H,7H2;(H,6,7). The Labute approximate surface area is 128 Å². The van der Waals surface area contributed by atoms with Crippen molar-refractivity contribution < 1.29 is 27.9 Å². The minimum absolute atomic E-state index is 0.0189. The molecular formula is C14H10F3N3O3. The van der Waals surface area contributed by atoms with Crippen LogP contribution in [0.25, 0.3) is 0 Å². The number of carbonyl (C=O) groups is 2. The molecule has 0 saturated heterocycles. The fourth-order valence-electron chi connectivity index (χ4n) is 1.89. The van der Waals surface area contributed by atoms with Gasteiger partial charge in [0.2, 0.25) is 0 Å². The summed E-state index contributed by atoms with van der Waals surface area (Å²) in [6.45, 7) is 0.600. The number of carbonyl (C=O) groups excluding carboxylic acids is 1. The quantitative estimate of drug-likeness (QED) is 0.869. The number of amides is 1. The summed E-state index contributed by atoms with van der Waals surface area (Å²) in [6.07, 6.45) is -0.329. The summed E-state index contributed by atoms with van der Waals surface area (Å²) in [5.41, 5.74) is 2.56. The number of halogens is 3. The zero-order valence-electron chi connectivity index (χ0n) is 11.5. The fraction of sp³-hybridized carbons (Fsp3) is 0.143. The number of carboxylic acids is 1. The van der Waals surface area contributed by atoms with Crippen LogP contribution >= 0.6 is 0 Å². The fourth-order valence-corrected chi connectivity index (χ4v) is 1.89. The Morgan fingerprint density at radius 3 is 2.26 bits per heavy atom. The summed E-state index contributed by atoms with van der Waals surface area (Å²) in [5, 5.41) is 7.12. The number of aromatic nitrogens is 2. The second-order valence-electron chi connectivity index (χ2n) is 4.45. The molecule has 3 rings (SSSR count). The maximum absolute atomic E-state index is 12.1. The number of anilines is 1. The van der Waals surface area contributed by atoms with Crippen molar-refractivity contribution in [2.45, 2.75) is 12.7 Å². The van der Waals surface area contributed by atoms with Crippen molar-refractivity contribution in [1.29, 1.82) is 0 Å². The van der Waals surface area contributed by atoms with E-state index in [0.717, 1.165) is 16.8 Å². The van der Waals surface area contributed by atoms with Gasteiger partial charge in [-0.2, -0.15) is 13.2 Å². The van der Waals surface area contributed by atoms with Crippen LogP contribution in [0, 0.1) is 0 Å². The predicted octanol–water partition coefficient (Wildman–Crippen LogP) is 2.27.